The number of methoxy groups -OCH3 is 2. The van der Waals surface area contributed by atoms with Gasteiger partial charge in [0.2, 0.25) is 9.05 Å². The van der Waals surface area contributed by atoms with E-state index in [1.54, 1.807) is 0 Å². The summed E-state index contributed by atoms with van der Waals surface area (Å²) in [6.45, 7) is 0. The predicted molar refractivity (Wildman–Crippen MR) is 63.0 cm³/mol. The number of hydrogen-bond donors (Lipinski definition) is 0. The third kappa shape index (κ3) is 3.90. The van der Waals surface area contributed by atoms with Crippen LogP contribution < -0.4 is 9.47 Å². The second kappa shape index (κ2) is 5.46. The van der Waals surface area contributed by atoms with Gasteiger partial charge in [-0.3, -0.25) is 0 Å². The van der Waals surface area contributed by atoms with Crippen LogP contribution in [-0.4, -0.2) is 22.6 Å². The summed E-state index contributed by atoms with van der Waals surface area (Å²) in [6.07, 6.45) is -4.73. The Morgan fingerprint density at radius 2 is 1.79 bits per heavy atom. The molecule has 0 atom stereocenters. The molecular formula is C10H10ClF3O4S. The summed E-state index contributed by atoms with van der Waals surface area (Å²) in [5, 5.41) is 0. The minimum absolute atomic E-state index is 0.00850. The second-order valence-electron chi connectivity index (χ2n) is 3.51. The summed E-state index contributed by atoms with van der Waals surface area (Å²) in [4.78, 5) is 0. The molecule has 0 aliphatic heterocycles. The van der Waals surface area contributed by atoms with Crippen molar-refractivity contribution < 1.29 is 31.1 Å². The molecule has 0 aliphatic carbocycles. The molecule has 1 rings (SSSR count). The monoisotopic (exact) mass is 318 g/mol. The quantitative estimate of drug-likeness (QED) is 0.801. The Bertz CT molecular complexity index is 569. The summed E-state index contributed by atoms with van der Waals surface area (Å²) >= 11 is 0. The molecule has 0 N–H and O–H groups in total. The Labute approximate surface area is 112 Å². The van der Waals surface area contributed by atoms with E-state index in [-0.39, 0.29) is 11.5 Å². The first-order valence-electron chi connectivity index (χ1n) is 4.83. The van der Waals surface area contributed by atoms with E-state index in [0.29, 0.717) is 0 Å². The number of benzene rings is 1. The predicted octanol–water partition coefficient (Wildman–Crippen LogP) is 2.79. The van der Waals surface area contributed by atoms with E-state index < -0.39 is 32.1 Å². The number of halogens is 4. The average Bonchev–Trinajstić information content (AvgIpc) is 2.24. The fourth-order valence-corrected chi connectivity index (χ4v) is 2.53. The summed E-state index contributed by atoms with van der Waals surface area (Å²) < 4.78 is 70.3. The van der Waals surface area contributed by atoms with Gasteiger partial charge >= 0.3 is 6.18 Å². The topological polar surface area (TPSA) is 52.6 Å². The molecule has 0 unspecified atom stereocenters. The van der Waals surface area contributed by atoms with Gasteiger partial charge in [-0.05, 0) is 12.1 Å². The van der Waals surface area contributed by atoms with Crippen molar-refractivity contribution in [2.24, 2.45) is 0 Å². The SMILES string of the molecule is COc1ccc(C(F)(F)F)c(CS(=O)(=O)Cl)c1OC. The molecule has 0 bridgehead atoms. The van der Waals surface area contributed by atoms with Crippen LogP contribution in [0.2, 0.25) is 0 Å². The van der Waals surface area contributed by atoms with Crippen molar-refractivity contribution in [3.63, 3.8) is 0 Å². The van der Waals surface area contributed by atoms with Crippen molar-refractivity contribution in [3.05, 3.63) is 23.3 Å². The first kappa shape index (κ1) is 15.9. The Kier molecular flexibility index (Phi) is 4.57. The van der Waals surface area contributed by atoms with Crippen LogP contribution in [0.15, 0.2) is 12.1 Å². The lowest BCUT2D eigenvalue weighted by atomic mass is 10.1. The van der Waals surface area contributed by atoms with Crippen LogP contribution in [0.4, 0.5) is 13.2 Å². The third-order valence-electron chi connectivity index (χ3n) is 2.27. The standard InChI is InChI=1S/C10H10ClF3O4S/c1-17-8-4-3-7(10(12,13)14)6(9(8)18-2)5-19(11,15)16/h3-4H,5H2,1-2H3. The zero-order valence-corrected chi connectivity index (χ0v) is 11.5. The van der Waals surface area contributed by atoms with Crippen molar-refractivity contribution in [2.75, 3.05) is 14.2 Å². The number of rotatable bonds is 4. The van der Waals surface area contributed by atoms with E-state index >= 15 is 0 Å². The van der Waals surface area contributed by atoms with E-state index in [0.717, 1.165) is 19.2 Å². The summed E-state index contributed by atoms with van der Waals surface area (Å²) in [5.74, 6) is -1.32. The largest absolute Gasteiger partial charge is 0.493 e. The molecule has 0 amide bonds. The summed E-state index contributed by atoms with van der Waals surface area (Å²) in [5.41, 5.74) is -1.71. The minimum Gasteiger partial charge on any atom is -0.493 e. The maximum atomic E-state index is 12.8. The van der Waals surface area contributed by atoms with Crippen LogP contribution >= 0.6 is 10.7 Å². The van der Waals surface area contributed by atoms with Crippen molar-refractivity contribution >= 4 is 19.7 Å². The first-order chi connectivity index (χ1) is 8.60. The molecule has 9 heteroatoms. The molecule has 0 fully saturated rings. The van der Waals surface area contributed by atoms with Crippen LogP contribution in [0.3, 0.4) is 0 Å². The number of hydrogen-bond acceptors (Lipinski definition) is 4. The molecule has 0 saturated carbocycles. The van der Waals surface area contributed by atoms with Crippen LogP contribution in [0.25, 0.3) is 0 Å². The molecule has 108 valence electrons. The van der Waals surface area contributed by atoms with Crippen LogP contribution in [0.5, 0.6) is 11.5 Å². The van der Waals surface area contributed by atoms with Gasteiger partial charge in [0.25, 0.3) is 0 Å². The summed E-state index contributed by atoms with van der Waals surface area (Å²) in [6, 6.07) is 1.77. The molecule has 4 nitrogen and oxygen atoms in total. The van der Waals surface area contributed by atoms with Crippen LogP contribution in [0, 0.1) is 0 Å². The lowest BCUT2D eigenvalue weighted by Gasteiger charge is -2.17. The smallest absolute Gasteiger partial charge is 0.416 e. The van der Waals surface area contributed by atoms with Crippen LogP contribution in [-0.2, 0) is 21.0 Å². The molecule has 0 aliphatic rings. The highest BCUT2D eigenvalue weighted by molar-refractivity contribution is 8.13. The lowest BCUT2D eigenvalue weighted by molar-refractivity contribution is -0.138. The van der Waals surface area contributed by atoms with E-state index in [9.17, 15) is 21.6 Å². The van der Waals surface area contributed by atoms with Crippen molar-refractivity contribution in [1.29, 1.82) is 0 Å². The molecule has 1 aromatic carbocycles. The van der Waals surface area contributed by atoms with Crippen molar-refractivity contribution in [3.8, 4) is 11.5 Å². The zero-order valence-electron chi connectivity index (χ0n) is 9.91. The molecular weight excluding hydrogens is 309 g/mol. The zero-order chi connectivity index (χ0) is 14.8. The molecule has 0 saturated heterocycles. The second-order valence-corrected chi connectivity index (χ2v) is 6.29. The Balaban J connectivity index is 3.58. The fourth-order valence-electron chi connectivity index (χ4n) is 1.57. The van der Waals surface area contributed by atoms with Crippen molar-refractivity contribution in [1.82, 2.24) is 0 Å². The van der Waals surface area contributed by atoms with Crippen molar-refractivity contribution in [2.45, 2.75) is 11.9 Å². The van der Waals surface area contributed by atoms with Gasteiger partial charge in [0.15, 0.2) is 11.5 Å². The average molecular weight is 319 g/mol. The van der Waals surface area contributed by atoms with E-state index in [1.165, 1.54) is 7.11 Å². The Morgan fingerprint density at radius 1 is 1.21 bits per heavy atom. The highest BCUT2D eigenvalue weighted by Crippen LogP contribution is 2.41. The van der Waals surface area contributed by atoms with Gasteiger partial charge in [-0.2, -0.15) is 13.2 Å². The van der Waals surface area contributed by atoms with Gasteiger partial charge in [0.05, 0.1) is 25.5 Å². The molecule has 0 heterocycles. The van der Waals surface area contributed by atoms with Gasteiger partial charge in [0, 0.05) is 16.2 Å². The van der Waals surface area contributed by atoms with Gasteiger partial charge in [-0.1, -0.05) is 0 Å². The number of ether oxygens (including phenoxy) is 2. The normalized spacial score (nSPS) is 12.3. The fraction of sp³-hybridized carbons (Fsp3) is 0.400. The highest BCUT2D eigenvalue weighted by atomic mass is 35.7. The first-order valence-corrected chi connectivity index (χ1v) is 7.31. The maximum Gasteiger partial charge on any atom is 0.416 e. The van der Waals surface area contributed by atoms with Gasteiger partial charge < -0.3 is 9.47 Å². The van der Waals surface area contributed by atoms with Crippen LogP contribution in [0.1, 0.15) is 11.1 Å². The number of alkyl halides is 3. The highest BCUT2D eigenvalue weighted by Gasteiger charge is 2.36. The Hall–Kier alpha value is -1.15. The molecule has 0 radical (unpaired) electrons. The van der Waals surface area contributed by atoms with Gasteiger partial charge in [-0.15, -0.1) is 0 Å². The Morgan fingerprint density at radius 3 is 2.16 bits per heavy atom. The van der Waals surface area contributed by atoms with E-state index in [1.807, 2.05) is 0 Å². The molecule has 0 aromatic heterocycles. The molecule has 1 aromatic rings. The van der Waals surface area contributed by atoms with E-state index in [4.69, 9.17) is 20.2 Å². The van der Waals surface area contributed by atoms with E-state index in [2.05, 4.69) is 0 Å². The summed E-state index contributed by atoms with van der Waals surface area (Å²) in [7, 11) is 3.18. The molecule has 19 heavy (non-hydrogen) atoms. The molecule has 0 spiro atoms. The maximum absolute atomic E-state index is 12.8. The lowest BCUT2D eigenvalue weighted by Crippen LogP contribution is -2.13. The van der Waals surface area contributed by atoms with Gasteiger partial charge in [-0.25, -0.2) is 8.42 Å². The minimum atomic E-state index is -4.73. The van der Waals surface area contributed by atoms with Gasteiger partial charge in [0.1, 0.15) is 0 Å². The third-order valence-corrected chi connectivity index (χ3v) is 3.23.